The van der Waals surface area contributed by atoms with Crippen molar-refractivity contribution in [3.05, 3.63) is 35.6 Å². The van der Waals surface area contributed by atoms with Crippen LogP contribution in [-0.2, 0) is 4.79 Å². The van der Waals surface area contributed by atoms with Gasteiger partial charge in [-0.25, -0.2) is 4.39 Å². The summed E-state index contributed by atoms with van der Waals surface area (Å²) in [5.41, 5.74) is 0.371. The monoisotopic (exact) mass is 250 g/mol. The second-order valence-corrected chi connectivity index (χ2v) is 4.42. The van der Waals surface area contributed by atoms with E-state index in [4.69, 9.17) is 0 Å². The highest BCUT2D eigenvalue weighted by Crippen LogP contribution is 2.18. The van der Waals surface area contributed by atoms with Gasteiger partial charge in [0.05, 0.1) is 0 Å². The maximum Gasteiger partial charge on any atom is 0.253 e. The highest BCUT2D eigenvalue weighted by atomic mass is 19.1. The summed E-state index contributed by atoms with van der Waals surface area (Å²) < 4.78 is 12.7. The van der Waals surface area contributed by atoms with Crippen LogP contribution in [0.2, 0.25) is 0 Å². The van der Waals surface area contributed by atoms with Gasteiger partial charge >= 0.3 is 0 Å². The summed E-state index contributed by atoms with van der Waals surface area (Å²) in [7, 11) is 0. The first kappa shape index (κ1) is 12.5. The number of likely N-dealkylation sites (tertiary alicyclic amines) is 1. The van der Waals surface area contributed by atoms with Crippen LogP contribution in [0, 0.1) is 11.7 Å². The Kier molecular flexibility index (Phi) is 3.60. The van der Waals surface area contributed by atoms with E-state index in [0.29, 0.717) is 24.9 Å². The van der Waals surface area contributed by atoms with Gasteiger partial charge < -0.3 is 14.8 Å². The number of carboxylic acid groups (broad SMARTS) is 1. The average molecular weight is 250 g/mol. The van der Waals surface area contributed by atoms with E-state index in [1.54, 1.807) is 0 Å². The molecule has 0 radical (unpaired) electrons. The fourth-order valence-electron chi connectivity index (χ4n) is 2.13. The largest absolute Gasteiger partial charge is 0.550 e. The molecule has 0 N–H and O–H groups in total. The molecule has 1 amide bonds. The lowest BCUT2D eigenvalue weighted by Crippen LogP contribution is -2.46. The smallest absolute Gasteiger partial charge is 0.253 e. The summed E-state index contributed by atoms with van der Waals surface area (Å²) in [6.07, 6.45) is 1.18. The number of amides is 1. The van der Waals surface area contributed by atoms with E-state index in [-0.39, 0.29) is 12.5 Å². The Labute approximate surface area is 104 Å². The minimum atomic E-state index is -1.12. The molecule has 0 spiro atoms. The normalized spacial score (nSPS) is 19.6. The van der Waals surface area contributed by atoms with Crippen LogP contribution < -0.4 is 5.11 Å². The van der Waals surface area contributed by atoms with Crippen molar-refractivity contribution in [2.24, 2.45) is 5.92 Å². The van der Waals surface area contributed by atoms with Gasteiger partial charge in [0, 0.05) is 30.5 Å². The van der Waals surface area contributed by atoms with Crippen LogP contribution in [0.3, 0.4) is 0 Å². The van der Waals surface area contributed by atoms with Crippen LogP contribution >= 0.6 is 0 Å². The number of halogens is 1. The van der Waals surface area contributed by atoms with Crippen molar-refractivity contribution in [1.82, 2.24) is 4.90 Å². The van der Waals surface area contributed by atoms with Crippen molar-refractivity contribution in [1.29, 1.82) is 0 Å². The molecule has 5 heteroatoms. The lowest BCUT2D eigenvalue weighted by atomic mass is 9.97. The van der Waals surface area contributed by atoms with E-state index in [1.807, 2.05) is 0 Å². The number of hydrogen-bond donors (Lipinski definition) is 0. The van der Waals surface area contributed by atoms with Crippen molar-refractivity contribution in [3.8, 4) is 0 Å². The summed E-state index contributed by atoms with van der Waals surface area (Å²) in [5.74, 6) is -2.39. The van der Waals surface area contributed by atoms with Crippen LogP contribution in [0.5, 0.6) is 0 Å². The van der Waals surface area contributed by atoms with Gasteiger partial charge in [0.15, 0.2) is 0 Å². The molecule has 1 aromatic rings. The number of hydrogen-bond acceptors (Lipinski definition) is 3. The fourth-order valence-corrected chi connectivity index (χ4v) is 2.13. The number of nitrogens with zero attached hydrogens (tertiary/aromatic N) is 1. The highest BCUT2D eigenvalue weighted by Gasteiger charge is 2.24. The van der Waals surface area contributed by atoms with Gasteiger partial charge in [0.25, 0.3) is 5.91 Å². The van der Waals surface area contributed by atoms with Crippen LogP contribution in [0.15, 0.2) is 24.3 Å². The molecule has 0 bridgehead atoms. The molecule has 1 aromatic carbocycles. The third-order valence-electron chi connectivity index (χ3n) is 3.13. The van der Waals surface area contributed by atoms with Crippen molar-refractivity contribution >= 4 is 11.9 Å². The molecule has 1 atom stereocenters. The number of piperidine rings is 1. The van der Waals surface area contributed by atoms with E-state index in [0.717, 1.165) is 0 Å². The minimum absolute atomic E-state index is 0.165. The number of rotatable bonds is 2. The second-order valence-electron chi connectivity index (χ2n) is 4.42. The summed E-state index contributed by atoms with van der Waals surface area (Å²) in [5, 5.41) is 10.8. The number of carbonyl (C=O) groups is 2. The van der Waals surface area contributed by atoms with E-state index in [9.17, 15) is 19.1 Å². The number of carbonyl (C=O) groups excluding carboxylic acids is 2. The van der Waals surface area contributed by atoms with E-state index >= 15 is 0 Å². The molecular formula is C13H13FNO3-. The van der Waals surface area contributed by atoms with Gasteiger partial charge in [-0.2, -0.15) is 0 Å². The summed E-state index contributed by atoms with van der Waals surface area (Å²) in [6, 6.07) is 5.24. The van der Waals surface area contributed by atoms with Crippen molar-refractivity contribution < 1.29 is 19.1 Å². The lowest BCUT2D eigenvalue weighted by molar-refractivity contribution is -0.312. The van der Waals surface area contributed by atoms with Gasteiger partial charge in [0.1, 0.15) is 5.82 Å². The predicted octanol–water partition coefficient (Wildman–Crippen LogP) is 0.428. The van der Waals surface area contributed by atoms with Gasteiger partial charge in [-0.3, -0.25) is 4.79 Å². The highest BCUT2D eigenvalue weighted by molar-refractivity contribution is 5.94. The number of carboxylic acids is 1. The topological polar surface area (TPSA) is 60.4 Å². The van der Waals surface area contributed by atoms with Gasteiger partial charge in [-0.05, 0) is 37.1 Å². The molecule has 0 aromatic heterocycles. The molecule has 2 rings (SSSR count). The lowest BCUT2D eigenvalue weighted by Gasteiger charge is -2.33. The summed E-state index contributed by atoms with van der Waals surface area (Å²) in [6.45, 7) is 0.693. The summed E-state index contributed by atoms with van der Waals surface area (Å²) in [4.78, 5) is 24.4. The molecule has 1 saturated heterocycles. The minimum Gasteiger partial charge on any atom is -0.550 e. The van der Waals surface area contributed by atoms with Crippen LogP contribution in [0.4, 0.5) is 4.39 Å². The second kappa shape index (κ2) is 5.16. The van der Waals surface area contributed by atoms with E-state index in [2.05, 4.69) is 0 Å². The first-order chi connectivity index (χ1) is 8.58. The van der Waals surface area contributed by atoms with Crippen molar-refractivity contribution in [3.63, 3.8) is 0 Å². The molecular weight excluding hydrogens is 237 g/mol. The fraction of sp³-hybridized carbons (Fsp3) is 0.385. The Morgan fingerprint density at radius 1 is 1.28 bits per heavy atom. The third kappa shape index (κ3) is 2.67. The molecule has 18 heavy (non-hydrogen) atoms. The quantitative estimate of drug-likeness (QED) is 0.764. The molecule has 0 aliphatic carbocycles. The van der Waals surface area contributed by atoms with Crippen molar-refractivity contribution in [2.75, 3.05) is 13.1 Å². The molecule has 0 unspecified atom stereocenters. The Hall–Kier alpha value is -1.91. The first-order valence-electron chi connectivity index (χ1n) is 5.83. The van der Waals surface area contributed by atoms with Crippen LogP contribution in [-0.4, -0.2) is 29.9 Å². The number of benzene rings is 1. The van der Waals surface area contributed by atoms with Crippen LogP contribution in [0.1, 0.15) is 23.2 Å². The Morgan fingerprint density at radius 3 is 2.56 bits per heavy atom. The maximum absolute atomic E-state index is 12.7. The van der Waals surface area contributed by atoms with Gasteiger partial charge in [-0.1, -0.05) is 0 Å². The third-order valence-corrected chi connectivity index (χ3v) is 3.13. The summed E-state index contributed by atoms with van der Waals surface area (Å²) >= 11 is 0. The zero-order chi connectivity index (χ0) is 13.1. The van der Waals surface area contributed by atoms with E-state index in [1.165, 1.54) is 29.2 Å². The van der Waals surface area contributed by atoms with E-state index < -0.39 is 17.7 Å². The number of aliphatic carboxylic acids is 1. The van der Waals surface area contributed by atoms with Crippen LogP contribution in [0.25, 0.3) is 0 Å². The van der Waals surface area contributed by atoms with Gasteiger partial charge in [-0.15, -0.1) is 0 Å². The van der Waals surface area contributed by atoms with Crippen molar-refractivity contribution in [2.45, 2.75) is 12.8 Å². The maximum atomic E-state index is 12.7. The Bertz CT molecular complexity index is 458. The molecule has 96 valence electrons. The zero-order valence-corrected chi connectivity index (χ0v) is 9.77. The molecule has 0 saturated carbocycles. The predicted molar refractivity (Wildman–Crippen MR) is 60.0 cm³/mol. The average Bonchev–Trinajstić information content (AvgIpc) is 2.39. The standard InChI is InChI=1S/C13H14FNO3/c14-11-5-3-9(4-6-11)12(16)15-7-1-2-10(8-15)13(17)18/h3-6,10H,1-2,7-8H2,(H,17,18)/p-1/t10-/m0/s1. The Morgan fingerprint density at radius 2 is 1.94 bits per heavy atom. The molecule has 1 aliphatic rings. The van der Waals surface area contributed by atoms with Gasteiger partial charge in [0.2, 0.25) is 0 Å². The molecule has 1 fully saturated rings. The zero-order valence-electron chi connectivity index (χ0n) is 9.77. The first-order valence-corrected chi connectivity index (χ1v) is 5.83. The SMILES string of the molecule is O=C([O-])[C@H]1CCCN(C(=O)c2ccc(F)cc2)C1. The Balaban J connectivity index is 2.09. The molecule has 1 aliphatic heterocycles. The molecule has 1 heterocycles. The molecule has 4 nitrogen and oxygen atoms in total.